The Morgan fingerprint density at radius 1 is 0.854 bits per heavy atom. The molecule has 0 aromatic carbocycles. The van der Waals surface area contributed by atoms with Crippen molar-refractivity contribution in [1.29, 1.82) is 10.5 Å². The lowest BCUT2D eigenvalue weighted by Crippen LogP contribution is -2.48. The van der Waals surface area contributed by atoms with Crippen molar-refractivity contribution in [2.24, 2.45) is 0 Å². The predicted molar refractivity (Wildman–Crippen MR) is 148 cm³/mol. The molecule has 0 saturated carbocycles. The summed E-state index contributed by atoms with van der Waals surface area (Å²) in [4.78, 5) is 44.5. The molecule has 216 valence electrons. The summed E-state index contributed by atoms with van der Waals surface area (Å²) >= 11 is 0. The molecule has 1 aromatic rings. The van der Waals surface area contributed by atoms with Gasteiger partial charge in [0.05, 0.1) is 26.4 Å². The van der Waals surface area contributed by atoms with Crippen molar-refractivity contribution in [3.63, 3.8) is 0 Å². The normalized spacial score (nSPS) is 20.2. The molecule has 0 radical (unpaired) electrons. The molecule has 0 atom stereocenters. The summed E-state index contributed by atoms with van der Waals surface area (Å²) in [5, 5.41) is 30.4. The van der Waals surface area contributed by atoms with E-state index in [1.165, 1.54) is 22.8 Å². The van der Waals surface area contributed by atoms with Crippen LogP contribution in [0.4, 0.5) is 0 Å². The van der Waals surface area contributed by atoms with Gasteiger partial charge in [-0.05, 0) is 37.1 Å². The minimum absolute atomic E-state index is 0.0754. The first kappa shape index (κ1) is 29.9. The number of nitrogens with zero attached hydrogens (tertiary/aromatic N) is 6. The molecule has 2 fully saturated rings. The minimum atomic E-state index is -0.621. The zero-order valence-corrected chi connectivity index (χ0v) is 23.4. The van der Waals surface area contributed by atoms with Gasteiger partial charge in [-0.1, -0.05) is 6.08 Å². The molecule has 4 heterocycles. The van der Waals surface area contributed by atoms with Crippen molar-refractivity contribution in [3.8, 4) is 18.0 Å². The second-order valence-corrected chi connectivity index (χ2v) is 10.0. The third-order valence-corrected chi connectivity index (χ3v) is 7.68. The van der Waals surface area contributed by atoms with Gasteiger partial charge in [0.2, 0.25) is 5.88 Å². The molecule has 0 bridgehead atoms. The first-order valence-electron chi connectivity index (χ1n) is 13.6. The standard InChI is InChI=1S/C29H34N6O6/c1-20-22(26(36)34(28(38)24(20)18-30)8-6-32-10-14-40-15-11-32)4-3-5-23-21(2)25(19-31)29(39)35(27(23)37)9-7-33-12-16-41-17-13-33/h3-5,36H,6-17H2,1-2H3/b4-3+,23-5-. The number of nitriles is 2. The number of hydrogen-bond acceptors (Lipinski definition) is 10. The van der Waals surface area contributed by atoms with Crippen LogP contribution in [0, 0.1) is 29.6 Å². The number of imide groups is 1. The highest BCUT2D eigenvalue weighted by Gasteiger charge is 2.35. The van der Waals surface area contributed by atoms with Crippen LogP contribution >= 0.6 is 0 Å². The lowest BCUT2D eigenvalue weighted by atomic mass is 9.94. The number of aromatic hydroxyl groups is 1. The largest absolute Gasteiger partial charge is 0.494 e. The van der Waals surface area contributed by atoms with Crippen LogP contribution < -0.4 is 5.56 Å². The fourth-order valence-electron chi connectivity index (χ4n) is 5.11. The van der Waals surface area contributed by atoms with Crippen molar-refractivity contribution in [2.75, 3.05) is 72.2 Å². The lowest BCUT2D eigenvalue weighted by molar-refractivity contribution is -0.140. The van der Waals surface area contributed by atoms with E-state index in [1.54, 1.807) is 13.8 Å². The molecule has 12 heteroatoms. The average molecular weight is 563 g/mol. The Morgan fingerprint density at radius 2 is 1.44 bits per heavy atom. The molecule has 3 aliphatic heterocycles. The summed E-state index contributed by atoms with van der Waals surface area (Å²) in [5.41, 5.74) is 0.282. The van der Waals surface area contributed by atoms with Gasteiger partial charge in [0.1, 0.15) is 23.3 Å². The Bertz CT molecular complexity index is 1430. The summed E-state index contributed by atoms with van der Waals surface area (Å²) in [6, 6.07) is 3.88. The zero-order chi connectivity index (χ0) is 29.5. The summed E-state index contributed by atoms with van der Waals surface area (Å²) in [5.74, 6) is -1.42. The van der Waals surface area contributed by atoms with E-state index in [-0.39, 0.29) is 46.8 Å². The average Bonchev–Trinajstić information content (AvgIpc) is 2.97. The summed E-state index contributed by atoms with van der Waals surface area (Å²) in [6.45, 7) is 9.60. The fourth-order valence-corrected chi connectivity index (χ4v) is 5.11. The van der Waals surface area contributed by atoms with Gasteiger partial charge in [0.25, 0.3) is 17.4 Å². The van der Waals surface area contributed by atoms with E-state index in [0.29, 0.717) is 71.3 Å². The summed E-state index contributed by atoms with van der Waals surface area (Å²) in [7, 11) is 0. The van der Waals surface area contributed by atoms with Gasteiger partial charge >= 0.3 is 0 Å². The zero-order valence-electron chi connectivity index (χ0n) is 23.4. The third-order valence-electron chi connectivity index (χ3n) is 7.68. The molecule has 3 aliphatic rings. The Labute approximate surface area is 238 Å². The number of hydrogen-bond donors (Lipinski definition) is 1. The maximum Gasteiger partial charge on any atom is 0.271 e. The number of amides is 2. The molecule has 1 N–H and O–H groups in total. The van der Waals surface area contributed by atoms with E-state index in [0.717, 1.165) is 4.90 Å². The number of aromatic nitrogens is 1. The Morgan fingerprint density at radius 3 is 2.00 bits per heavy atom. The van der Waals surface area contributed by atoms with Crippen LogP contribution in [-0.2, 0) is 25.6 Å². The molecule has 0 aliphatic carbocycles. The molecule has 0 spiro atoms. The van der Waals surface area contributed by atoms with E-state index in [4.69, 9.17) is 9.47 Å². The topological polar surface area (TPSA) is 152 Å². The first-order valence-corrected chi connectivity index (χ1v) is 13.6. The van der Waals surface area contributed by atoms with Gasteiger partial charge in [-0.2, -0.15) is 10.5 Å². The van der Waals surface area contributed by atoms with Crippen molar-refractivity contribution in [3.05, 3.63) is 55.9 Å². The maximum atomic E-state index is 13.4. The summed E-state index contributed by atoms with van der Waals surface area (Å²) in [6.07, 6.45) is 4.52. The number of morpholine rings is 2. The van der Waals surface area contributed by atoms with Gasteiger partial charge in [-0.3, -0.25) is 33.7 Å². The van der Waals surface area contributed by atoms with Gasteiger partial charge < -0.3 is 14.6 Å². The second-order valence-electron chi connectivity index (χ2n) is 10.0. The molecule has 4 rings (SSSR count). The van der Waals surface area contributed by atoms with Crippen LogP contribution in [0.15, 0.2) is 33.7 Å². The number of pyridine rings is 1. The quantitative estimate of drug-likeness (QED) is 0.351. The van der Waals surface area contributed by atoms with Gasteiger partial charge in [-0.15, -0.1) is 0 Å². The molecule has 2 saturated heterocycles. The Hall–Kier alpha value is -4.07. The van der Waals surface area contributed by atoms with E-state index in [1.807, 2.05) is 12.1 Å². The maximum absolute atomic E-state index is 13.4. The Balaban J connectivity index is 1.61. The SMILES string of the molecule is CC1=C(C#N)C(=O)N(CCN2CCOCC2)C(=O)/C1=C\C=C\c1c(C)c(C#N)c(=O)n(CCN2CCOCC2)c1O. The van der Waals surface area contributed by atoms with E-state index in [9.17, 15) is 30.0 Å². The van der Waals surface area contributed by atoms with Crippen molar-refractivity contribution in [2.45, 2.75) is 20.4 Å². The van der Waals surface area contributed by atoms with Crippen LogP contribution in [-0.4, -0.2) is 108 Å². The van der Waals surface area contributed by atoms with Gasteiger partial charge in [-0.25, -0.2) is 0 Å². The molecular formula is C29H34N6O6. The van der Waals surface area contributed by atoms with Crippen molar-refractivity contribution in [1.82, 2.24) is 19.3 Å². The third kappa shape index (κ3) is 6.47. The van der Waals surface area contributed by atoms with E-state index >= 15 is 0 Å². The molecule has 1 aromatic heterocycles. The second kappa shape index (κ2) is 13.5. The van der Waals surface area contributed by atoms with Crippen LogP contribution in [0.2, 0.25) is 0 Å². The minimum Gasteiger partial charge on any atom is -0.494 e. The van der Waals surface area contributed by atoms with Crippen LogP contribution in [0.5, 0.6) is 5.88 Å². The highest BCUT2D eigenvalue weighted by molar-refractivity contribution is 6.18. The van der Waals surface area contributed by atoms with E-state index in [2.05, 4.69) is 9.80 Å². The molecule has 2 amide bonds. The number of allylic oxidation sites excluding steroid dienone is 2. The molecular weight excluding hydrogens is 528 g/mol. The lowest BCUT2D eigenvalue weighted by Gasteiger charge is -2.31. The number of carbonyl (C=O) groups excluding carboxylic acids is 2. The monoisotopic (exact) mass is 562 g/mol. The summed E-state index contributed by atoms with van der Waals surface area (Å²) < 4.78 is 11.9. The van der Waals surface area contributed by atoms with Crippen molar-refractivity contribution >= 4 is 17.9 Å². The van der Waals surface area contributed by atoms with Gasteiger partial charge in [0.15, 0.2) is 0 Å². The molecule has 0 unspecified atom stereocenters. The van der Waals surface area contributed by atoms with Crippen LogP contribution in [0.1, 0.15) is 23.6 Å². The highest BCUT2D eigenvalue weighted by atomic mass is 16.5. The smallest absolute Gasteiger partial charge is 0.271 e. The molecule has 12 nitrogen and oxygen atoms in total. The van der Waals surface area contributed by atoms with Crippen molar-refractivity contribution < 1.29 is 24.2 Å². The van der Waals surface area contributed by atoms with E-state index < -0.39 is 17.4 Å². The number of carbonyl (C=O) groups is 2. The first-order chi connectivity index (χ1) is 19.8. The number of rotatable bonds is 8. The number of ether oxygens (including phenoxy) is 2. The van der Waals surface area contributed by atoms with Crippen LogP contribution in [0.25, 0.3) is 6.08 Å². The predicted octanol–water partition coefficient (Wildman–Crippen LogP) is 0.547. The highest BCUT2D eigenvalue weighted by Crippen LogP contribution is 2.27. The molecule has 41 heavy (non-hydrogen) atoms. The van der Waals surface area contributed by atoms with Crippen LogP contribution in [0.3, 0.4) is 0 Å². The Kier molecular flexibility index (Phi) is 9.86. The fraction of sp³-hybridized carbons (Fsp3) is 0.483. The van der Waals surface area contributed by atoms with Gasteiger partial charge in [0, 0.05) is 63.5 Å².